The molecule has 0 unspecified atom stereocenters. The molecule has 0 amide bonds. The van der Waals surface area contributed by atoms with Crippen LogP contribution in [0.5, 0.6) is 0 Å². The van der Waals surface area contributed by atoms with E-state index in [4.69, 9.17) is 0 Å². The van der Waals surface area contributed by atoms with Gasteiger partial charge in [0, 0.05) is 37.3 Å². The van der Waals surface area contributed by atoms with Crippen LogP contribution in [0, 0.1) is 6.92 Å². The molecule has 1 atom stereocenters. The Hall–Kier alpha value is -2.58. The molecule has 8 heteroatoms. The third-order valence-electron chi connectivity index (χ3n) is 6.01. The van der Waals surface area contributed by atoms with Crippen LogP contribution in [0.1, 0.15) is 57.1 Å². The van der Waals surface area contributed by atoms with Crippen LogP contribution in [-0.4, -0.2) is 67.7 Å². The number of hydrogen-bond donors (Lipinski definition) is 1. The third-order valence-corrected chi connectivity index (χ3v) is 6.01. The Bertz CT molecular complexity index is 1100. The van der Waals surface area contributed by atoms with Crippen LogP contribution in [0.3, 0.4) is 0 Å². The Balaban J connectivity index is 1.82. The lowest BCUT2D eigenvalue weighted by molar-refractivity contribution is 0.102. The van der Waals surface area contributed by atoms with Crippen molar-refractivity contribution in [2.75, 3.05) is 32.7 Å². The fourth-order valence-corrected chi connectivity index (χ4v) is 4.45. The molecule has 1 aromatic carbocycles. The van der Waals surface area contributed by atoms with Gasteiger partial charge in [-0.05, 0) is 74.7 Å². The summed E-state index contributed by atoms with van der Waals surface area (Å²) in [4.78, 5) is 21.2. The van der Waals surface area contributed by atoms with Crippen molar-refractivity contribution in [3.8, 4) is 0 Å². The lowest BCUT2D eigenvalue weighted by Gasteiger charge is -2.39. The maximum atomic E-state index is 13.3. The van der Waals surface area contributed by atoms with E-state index in [1.807, 2.05) is 22.9 Å². The average Bonchev–Trinajstić information content (AvgIpc) is 3.20. The third kappa shape index (κ3) is 4.41. The van der Waals surface area contributed by atoms with E-state index >= 15 is 0 Å². The molecule has 31 heavy (non-hydrogen) atoms. The second kappa shape index (κ2) is 8.51. The molecule has 8 nitrogen and oxygen atoms in total. The summed E-state index contributed by atoms with van der Waals surface area (Å²) < 4.78 is 1.86. The second-order valence-electron chi connectivity index (χ2n) is 9.54. The zero-order valence-electron chi connectivity index (χ0n) is 19.2. The first-order chi connectivity index (χ1) is 14.8. The van der Waals surface area contributed by atoms with Gasteiger partial charge in [0.1, 0.15) is 6.04 Å². The zero-order chi connectivity index (χ0) is 22.2. The number of pyridine rings is 1. The monoisotopic (exact) mass is 423 g/mol. The fraction of sp³-hybridized carbons (Fsp3) is 0.565. The molecule has 3 aromatic rings. The number of H-pyrrole nitrogens is 1. The summed E-state index contributed by atoms with van der Waals surface area (Å²) in [5.41, 5.74) is 2.33. The number of hydrogen-bond acceptors (Lipinski definition) is 6. The number of benzene rings is 1. The first-order valence-electron chi connectivity index (χ1n) is 11.2. The van der Waals surface area contributed by atoms with E-state index < -0.39 is 0 Å². The van der Waals surface area contributed by atoms with Crippen molar-refractivity contribution in [1.82, 2.24) is 35.0 Å². The lowest BCUT2D eigenvalue weighted by Crippen LogP contribution is -2.49. The molecule has 0 radical (unpaired) electrons. The standard InChI is InChI=1S/C23H33N7O/c1-6-9-28-10-12-29(13-11-28)20(21-25-26-27-30(21)23(3,4)5)18-15-17-14-16(2)7-8-19(17)24-22(18)31/h7-8,14-15,20H,6,9-13H2,1-5H3,(H,24,31)/t20-/m0/s1. The Morgan fingerprint density at radius 3 is 2.55 bits per heavy atom. The summed E-state index contributed by atoms with van der Waals surface area (Å²) in [6.45, 7) is 15.3. The molecule has 4 rings (SSSR count). The number of nitrogens with one attached hydrogen (secondary N) is 1. The molecule has 1 aliphatic heterocycles. The number of aromatic nitrogens is 5. The number of tetrazole rings is 1. The van der Waals surface area contributed by atoms with Crippen LogP contribution in [0.4, 0.5) is 0 Å². The highest BCUT2D eigenvalue weighted by atomic mass is 16.1. The number of piperazine rings is 1. The van der Waals surface area contributed by atoms with Crippen molar-refractivity contribution < 1.29 is 0 Å². The smallest absolute Gasteiger partial charge is 0.253 e. The van der Waals surface area contributed by atoms with E-state index in [-0.39, 0.29) is 17.1 Å². The van der Waals surface area contributed by atoms with Gasteiger partial charge < -0.3 is 9.88 Å². The topological polar surface area (TPSA) is 82.9 Å². The van der Waals surface area contributed by atoms with E-state index in [2.05, 4.69) is 71.0 Å². The van der Waals surface area contributed by atoms with Crippen molar-refractivity contribution in [1.29, 1.82) is 0 Å². The fourth-order valence-electron chi connectivity index (χ4n) is 4.45. The van der Waals surface area contributed by atoms with Crippen LogP contribution in [-0.2, 0) is 5.54 Å². The first kappa shape index (κ1) is 21.6. The average molecular weight is 424 g/mol. The minimum absolute atomic E-state index is 0.0826. The van der Waals surface area contributed by atoms with Gasteiger partial charge in [0.05, 0.1) is 5.54 Å². The Labute approximate surface area is 183 Å². The molecule has 0 spiro atoms. The first-order valence-corrected chi connectivity index (χ1v) is 11.2. The van der Waals surface area contributed by atoms with Gasteiger partial charge in [0.2, 0.25) is 0 Å². The molecule has 0 aliphatic carbocycles. The molecule has 2 aromatic heterocycles. The second-order valence-corrected chi connectivity index (χ2v) is 9.54. The van der Waals surface area contributed by atoms with Crippen LogP contribution >= 0.6 is 0 Å². The number of aryl methyl sites for hydroxylation is 1. The number of aromatic amines is 1. The van der Waals surface area contributed by atoms with E-state index in [1.165, 1.54) is 0 Å². The van der Waals surface area contributed by atoms with Crippen molar-refractivity contribution >= 4 is 10.9 Å². The van der Waals surface area contributed by atoms with Crippen molar-refractivity contribution in [3.63, 3.8) is 0 Å². The number of fused-ring (bicyclic) bond motifs is 1. The molecule has 1 N–H and O–H groups in total. The summed E-state index contributed by atoms with van der Waals surface area (Å²) in [5, 5.41) is 13.7. The van der Waals surface area contributed by atoms with E-state index in [9.17, 15) is 4.79 Å². The van der Waals surface area contributed by atoms with Crippen LogP contribution in [0.15, 0.2) is 29.1 Å². The Morgan fingerprint density at radius 1 is 1.13 bits per heavy atom. The molecule has 0 bridgehead atoms. The molecule has 1 aliphatic rings. The molecular weight excluding hydrogens is 390 g/mol. The van der Waals surface area contributed by atoms with Gasteiger partial charge in [0.15, 0.2) is 5.82 Å². The summed E-state index contributed by atoms with van der Waals surface area (Å²) in [6.07, 6.45) is 1.15. The van der Waals surface area contributed by atoms with E-state index in [1.54, 1.807) is 0 Å². The lowest BCUT2D eigenvalue weighted by atomic mass is 10.0. The van der Waals surface area contributed by atoms with Gasteiger partial charge in [-0.15, -0.1) is 5.10 Å². The normalized spacial score (nSPS) is 17.3. The van der Waals surface area contributed by atoms with Crippen LogP contribution in [0.25, 0.3) is 10.9 Å². The molecule has 3 heterocycles. The van der Waals surface area contributed by atoms with E-state index in [0.717, 1.165) is 55.6 Å². The molecular formula is C23H33N7O. The predicted octanol–water partition coefficient (Wildman–Crippen LogP) is 2.70. The van der Waals surface area contributed by atoms with Crippen molar-refractivity contribution in [3.05, 3.63) is 51.6 Å². The largest absolute Gasteiger partial charge is 0.322 e. The molecule has 166 valence electrons. The quantitative estimate of drug-likeness (QED) is 0.679. The molecule has 0 saturated carbocycles. The predicted molar refractivity (Wildman–Crippen MR) is 122 cm³/mol. The minimum atomic E-state index is -0.299. The highest BCUT2D eigenvalue weighted by Crippen LogP contribution is 2.30. The van der Waals surface area contributed by atoms with Gasteiger partial charge in [0.25, 0.3) is 5.56 Å². The Kier molecular flexibility index (Phi) is 5.94. The van der Waals surface area contributed by atoms with E-state index in [0.29, 0.717) is 11.4 Å². The maximum absolute atomic E-state index is 13.3. The summed E-state index contributed by atoms with van der Waals surface area (Å²) in [7, 11) is 0. The Morgan fingerprint density at radius 2 is 1.87 bits per heavy atom. The SMILES string of the molecule is CCCN1CCN([C@@H](c2cc3cc(C)ccc3[nH]c2=O)c2nnnn2C(C)(C)C)CC1. The summed E-state index contributed by atoms with van der Waals surface area (Å²) in [6, 6.07) is 7.81. The molecule has 1 fully saturated rings. The summed E-state index contributed by atoms with van der Waals surface area (Å²) in [5.74, 6) is 0.717. The highest BCUT2D eigenvalue weighted by Gasteiger charge is 2.34. The van der Waals surface area contributed by atoms with Gasteiger partial charge in [-0.2, -0.15) is 0 Å². The highest BCUT2D eigenvalue weighted by molar-refractivity contribution is 5.79. The van der Waals surface area contributed by atoms with Crippen LogP contribution < -0.4 is 5.56 Å². The van der Waals surface area contributed by atoms with Gasteiger partial charge in [-0.1, -0.05) is 18.6 Å². The van der Waals surface area contributed by atoms with Crippen molar-refractivity contribution in [2.24, 2.45) is 0 Å². The number of nitrogens with zero attached hydrogens (tertiary/aromatic N) is 6. The molecule has 1 saturated heterocycles. The van der Waals surface area contributed by atoms with Crippen molar-refractivity contribution in [2.45, 2.75) is 52.6 Å². The van der Waals surface area contributed by atoms with Crippen LogP contribution in [0.2, 0.25) is 0 Å². The van der Waals surface area contributed by atoms with Gasteiger partial charge in [-0.25, -0.2) is 4.68 Å². The zero-order valence-corrected chi connectivity index (χ0v) is 19.2. The summed E-state index contributed by atoms with van der Waals surface area (Å²) >= 11 is 0. The van der Waals surface area contributed by atoms with Gasteiger partial charge >= 0.3 is 0 Å². The maximum Gasteiger partial charge on any atom is 0.253 e. The minimum Gasteiger partial charge on any atom is -0.322 e. The van der Waals surface area contributed by atoms with Gasteiger partial charge in [-0.3, -0.25) is 9.69 Å². The number of rotatable bonds is 5.